The molecule has 0 saturated heterocycles. The Labute approximate surface area is 182 Å². The number of hydrogen-bond acceptors (Lipinski definition) is 6. The fourth-order valence-corrected chi connectivity index (χ4v) is 3.74. The minimum absolute atomic E-state index is 0.0426. The standard InChI is InChI=1S/C19H19ClF2N2O6S/c1-2-8-31(27,28)24-14-5-3-4-12(9-14)18(26)29-11-17(25)23-13-6-7-16(15(20)10-13)30-19(21)22/h3-7,9-10,19,24H,2,8,11H2,1H3,(H,23,25). The molecule has 31 heavy (non-hydrogen) atoms. The Kier molecular flexibility index (Phi) is 8.57. The monoisotopic (exact) mass is 476 g/mol. The van der Waals surface area contributed by atoms with Crippen LogP contribution in [0.5, 0.6) is 5.75 Å². The number of halogens is 3. The molecule has 0 radical (unpaired) electrons. The molecule has 8 nitrogen and oxygen atoms in total. The first-order valence-electron chi connectivity index (χ1n) is 8.91. The fraction of sp³-hybridized carbons (Fsp3) is 0.263. The molecule has 0 fully saturated rings. The van der Waals surface area contributed by atoms with Gasteiger partial charge in [-0.15, -0.1) is 0 Å². The van der Waals surface area contributed by atoms with E-state index in [9.17, 15) is 26.8 Å². The molecule has 0 atom stereocenters. The van der Waals surface area contributed by atoms with E-state index in [4.69, 9.17) is 16.3 Å². The summed E-state index contributed by atoms with van der Waals surface area (Å²) in [5.74, 6) is -1.87. The summed E-state index contributed by atoms with van der Waals surface area (Å²) >= 11 is 5.80. The summed E-state index contributed by atoms with van der Waals surface area (Å²) in [4.78, 5) is 24.1. The summed E-state index contributed by atoms with van der Waals surface area (Å²) < 4.78 is 59.6. The van der Waals surface area contributed by atoms with Crippen LogP contribution in [-0.2, 0) is 19.6 Å². The summed E-state index contributed by atoms with van der Waals surface area (Å²) in [6.07, 6.45) is 0.430. The molecule has 2 rings (SSSR count). The molecule has 0 aromatic heterocycles. The second-order valence-corrected chi connectivity index (χ2v) is 8.40. The van der Waals surface area contributed by atoms with E-state index in [-0.39, 0.29) is 33.5 Å². The molecule has 0 unspecified atom stereocenters. The molecule has 2 N–H and O–H groups in total. The van der Waals surface area contributed by atoms with Gasteiger partial charge in [0.15, 0.2) is 6.61 Å². The zero-order valence-electron chi connectivity index (χ0n) is 16.2. The zero-order chi connectivity index (χ0) is 23.0. The van der Waals surface area contributed by atoms with E-state index in [1.807, 2.05) is 0 Å². The predicted molar refractivity (Wildman–Crippen MR) is 111 cm³/mol. The largest absolute Gasteiger partial charge is 0.452 e. The topological polar surface area (TPSA) is 111 Å². The summed E-state index contributed by atoms with van der Waals surface area (Å²) in [5, 5.41) is 2.25. The van der Waals surface area contributed by atoms with Crippen LogP contribution in [0.4, 0.5) is 20.2 Å². The van der Waals surface area contributed by atoms with E-state index < -0.39 is 35.1 Å². The summed E-state index contributed by atoms with van der Waals surface area (Å²) in [7, 11) is -3.53. The first-order valence-corrected chi connectivity index (χ1v) is 10.9. The van der Waals surface area contributed by atoms with Crippen molar-refractivity contribution >= 4 is 44.9 Å². The van der Waals surface area contributed by atoms with Crippen molar-refractivity contribution in [1.82, 2.24) is 0 Å². The van der Waals surface area contributed by atoms with Crippen molar-refractivity contribution in [2.75, 3.05) is 22.4 Å². The maximum Gasteiger partial charge on any atom is 0.387 e. The van der Waals surface area contributed by atoms with Gasteiger partial charge in [0.2, 0.25) is 10.0 Å². The quantitative estimate of drug-likeness (QED) is 0.503. The van der Waals surface area contributed by atoms with E-state index in [1.54, 1.807) is 6.92 Å². The molecular weight excluding hydrogens is 458 g/mol. The molecule has 0 aliphatic heterocycles. The maximum absolute atomic E-state index is 12.2. The van der Waals surface area contributed by atoms with Crippen LogP contribution in [0.15, 0.2) is 42.5 Å². The van der Waals surface area contributed by atoms with Crippen molar-refractivity contribution in [3.8, 4) is 5.75 Å². The average molecular weight is 477 g/mol. The number of benzene rings is 2. The maximum atomic E-state index is 12.2. The molecule has 0 bridgehead atoms. The van der Waals surface area contributed by atoms with Crippen LogP contribution in [0.25, 0.3) is 0 Å². The Morgan fingerprint density at radius 2 is 1.87 bits per heavy atom. The first-order chi connectivity index (χ1) is 14.6. The summed E-state index contributed by atoms with van der Waals surface area (Å²) in [6, 6.07) is 9.27. The van der Waals surface area contributed by atoms with Crippen LogP contribution in [-0.4, -0.2) is 39.3 Å². The van der Waals surface area contributed by atoms with Crippen molar-refractivity contribution in [1.29, 1.82) is 0 Å². The molecule has 12 heteroatoms. The fourth-order valence-electron chi connectivity index (χ4n) is 2.39. The third-order valence-corrected chi connectivity index (χ3v) is 5.40. The van der Waals surface area contributed by atoms with E-state index in [0.717, 1.165) is 6.07 Å². The van der Waals surface area contributed by atoms with E-state index >= 15 is 0 Å². The molecule has 0 heterocycles. The van der Waals surface area contributed by atoms with Gasteiger partial charge in [0.25, 0.3) is 5.91 Å². The molecular formula is C19H19ClF2N2O6S. The van der Waals surface area contributed by atoms with Crippen molar-refractivity contribution < 1.29 is 36.3 Å². The lowest BCUT2D eigenvalue weighted by atomic mass is 10.2. The van der Waals surface area contributed by atoms with Gasteiger partial charge in [-0.2, -0.15) is 8.78 Å². The van der Waals surface area contributed by atoms with Crippen molar-refractivity contribution in [3.63, 3.8) is 0 Å². The number of carbonyl (C=O) groups excluding carboxylic acids is 2. The van der Waals surface area contributed by atoms with Crippen molar-refractivity contribution in [3.05, 3.63) is 53.1 Å². The lowest BCUT2D eigenvalue weighted by molar-refractivity contribution is -0.119. The smallest absolute Gasteiger partial charge is 0.387 e. The van der Waals surface area contributed by atoms with Crippen LogP contribution in [0.3, 0.4) is 0 Å². The van der Waals surface area contributed by atoms with Gasteiger partial charge in [-0.25, -0.2) is 13.2 Å². The predicted octanol–water partition coefficient (Wildman–Crippen LogP) is 3.89. The number of sulfonamides is 1. The van der Waals surface area contributed by atoms with Gasteiger partial charge in [-0.1, -0.05) is 24.6 Å². The van der Waals surface area contributed by atoms with E-state index in [1.165, 1.54) is 36.4 Å². The van der Waals surface area contributed by atoms with Gasteiger partial charge in [-0.3, -0.25) is 9.52 Å². The van der Waals surface area contributed by atoms with Crippen LogP contribution >= 0.6 is 11.6 Å². The molecule has 0 aliphatic rings. The van der Waals surface area contributed by atoms with Crippen molar-refractivity contribution in [2.24, 2.45) is 0 Å². The second kappa shape index (κ2) is 10.9. The number of carbonyl (C=O) groups is 2. The van der Waals surface area contributed by atoms with Gasteiger partial charge in [-0.05, 0) is 42.8 Å². The molecule has 0 aliphatic carbocycles. The third kappa shape index (κ3) is 8.02. The Morgan fingerprint density at radius 3 is 2.52 bits per heavy atom. The Bertz CT molecular complexity index is 1050. The van der Waals surface area contributed by atoms with Gasteiger partial charge < -0.3 is 14.8 Å². The SMILES string of the molecule is CCCS(=O)(=O)Nc1cccc(C(=O)OCC(=O)Nc2ccc(OC(F)F)c(Cl)c2)c1. The summed E-state index contributed by atoms with van der Waals surface area (Å²) in [6.45, 7) is -1.97. The molecule has 0 spiro atoms. The van der Waals surface area contributed by atoms with Crippen LogP contribution in [0, 0.1) is 0 Å². The number of anilines is 2. The average Bonchev–Trinajstić information content (AvgIpc) is 2.67. The normalized spacial score (nSPS) is 11.1. The molecule has 168 valence electrons. The number of esters is 1. The highest BCUT2D eigenvalue weighted by Crippen LogP contribution is 2.28. The highest BCUT2D eigenvalue weighted by Gasteiger charge is 2.14. The molecule has 0 saturated carbocycles. The first kappa shape index (κ1) is 24.4. The minimum atomic E-state index is -3.53. The highest BCUT2D eigenvalue weighted by atomic mass is 35.5. The summed E-state index contributed by atoms with van der Waals surface area (Å²) in [5.41, 5.74) is 0.411. The lowest BCUT2D eigenvalue weighted by Gasteiger charge is -2.10. The van der Waals surface area contributed by atoms with Crippen molar-refractivity contribution in [2.45, 2.75) is 20.0 Å². The van der Waals surface area contributed by atoms with Gasteiger partial charge in [0.1, 0.15) is 5.75 Å². The van der Waals surface area contributed by atoms with Gasteiger partial charge in [0.05, 0.1) is 16.3 Å². The van der Waals surface area contributed by atoms with Crippen LogP contribution < -0.4 is 14.8 Å². The number of alkyl halides is 2. The van der Waals surface area contributed by atoms with Crippen LogP contribution in [0.1, 0.15) is 23.7 Å². The number of hydrogen-bond donors (Lipinski definition) is 2. The lowest BCUT2D eigenvalue weighted by Crippen LogP contribution is -2.21. The number of ether oxygens (including phenoxy) is 2. The van der Waals surface area contributed by atoms with E-state index in [2.05, 4.69) is 14.8 Å². The number of rotatable bonds is 10. The van der Waals surface area contributed by atoms with Gasteiger partial charge in [0, 0.05) is 11.4 Å². The number of amides is 1. The Hall–Kier alpha value is -2.92. The number of nitrogens with one attached hydrogen (secondary N) is 2. The highest BCUT2D eigenvalue weighted by molar-refractivity contribution is 7.92. The van der Waals surface area contributed by atoms with Gasteiger partial charge >= 0.3 is 12.6 Å². The Balaban J connectivity index is 1.93. The zero-order valence-corrected chi connectivity index (χ0v) is 17.8. The molecule has 2 aromatic rings. The second-order valence-electron chi connectivity index (χ2n) is 6.15. The minimum Gasteiger partial charge on any atom is -0.452 e. The van der Waals surface area contributed by atoms with E-state index in [0.29, 0.717) is 6.42 Å². The third-order valence-electron chi connectivity index (χ3n) is 3.61. The molecule has 1 amide bonds. The molecule has 2 aromatic carbocycles. The Morgan fingerprint density at radius 1 is 1.13 bits per heavy atom. The van der Waals surface area contributed by atoms with Crippen LogP contribution in [0.2, 0.25) is 5.02 Å².